The van der Waals surface area contributed by atoms with E-state index < -0.39 is 0 Å². The summed E-state index contributed by atoms with van der Waals surface area (Å²) in [6.07, 6.45) is 6.25. The molecule has 1 spiro atoms. The average molecular weight is 481 g/mol. The Bertz CT molecular complexity index is 601. The summed E-state index contributed by atoms with van der Waals surface area (Å²) in [4.78, 5) is 38.7. The van der Waals surface area contributed by atoms with Crippen LogP contribution in [0.1, 0.15) is 51.4 Å². The minimum Gasteiger partial charge on any atom is -0.354 e. The first-order valence-corrected chi connectivity index (χ1v) is 12.5. The SMILES string of the molecule is Cl.O=C(CCCCCCNC(=O)[C@@H]1CC2(CN1C(=O)[C@@H]1CCCN1)SCCS2)NO. The van der Waals surface area contributed by atoms with E-state index in [0.29, 0.717) is 19.5 Å². The lowest BCUT2D eigenvalue weighted by atomic mass is 10.1. The van der Waals surface area contributed by atoms with Crippen molar-refractivity contribution in [3.05, 3.63) is 0 Å². The molecule has 3 rings (SSSR count). The number of carbonyl (C=O) groups excluding carboxylic acids is 3. The fourth-order valence-electron chi connectivity index (χ4n) is 4.26. The summed E-state index contributed by atoms with van der Waals surface area (Å²) in [6, 6.07) is -0.524. The van der Waals surface area contributed by atoms with Crippen LogP contribution in [0.15, 0.2) is 0 Å². The third-order valence-corrected chi connectivity index (χ3v) is 9.23. The minimum absolute atomic E-state index is 0. The maximum atomic E-state index is 13.0. The number of unbranched alkanes of at least 4 members (excludes halogenated alkanes) is 3. The van der Waals surface area contributed by atoms with Gasteiger partial charge in [-0.3, -0.25) is 19.6 Å². The number of nitrogens with zero attached hydrogens (tertiary/aromatic N) is 1. The van der Waals surface area contributed by atoms with E-state index in [2.05, 4.69) is 10.6 Å². The number of amides is 3. The second-order valence-corrected chi connectivity index (χ2v) is 11.1. The van der Waals surface area contributed by atoms with Crippen LogP contribution in [0.25, 0.3) is 0 Å². The van der Waals surface area contributed by atoms with Gasteiger partial charge in [-0.15, -0.1) is 35.9 Å². The lowest BCUT2D eigenvalue weighted by Crippen LogP contribution is -2.51. The third kappa shape index (κ3) is 6.66. The van der Waals surface area contributed by atoms with Crippen LogP contribution in [0.5, 0.6) is 0 Å². The number of nitrogens with one attached hydrogen (secondary N) is 3. The van der Waals surface area contributed by atoms with Gasteiger partial charge in [-0.05, 0) is 32.2 Å². The average Bonchev–Trinajstić information content (AvgIpc) is 3.48. The van der Waals surface area contributed by atoms with E-state index in [1.165, 1.54) is 0 Å². The summed E-state index contributed by atoms with van der Waals surface area (Å²) in [5.41, 5.74) is 1.63. The molecule has 0 bridgehead atoms. The number of hydrogen-bond donors (Lipinski definition) is 4. The number of hydroxylamine groups is 1. The fraction of sp³-hybridized carbons (Fsp3) is 0.842. The van der Waals surface area contributed by atoms with Crippen molar-refractivity contribution in [2.45, 2.75) is 67.5 Å². The Morgan fingerprint density at radius 1 is 1.13 bits per heavy atom. The van der Waals surface area contributed by atoms with E-state index in [1.54, 1.807) is 5.48 Å². The second kappa shape index (κ2) is 12.4. The first-order valence-electron chi connectivity index (χ1n) is 10.6. The summed E-state index contributed by atoms with van der Waals surface area (Å²) < 4.78 is -0.0243. The van der Waals surface area contributed by atoms with Gasteiger partial charge in [0.15, 0.2) is 0 Å². The van der Waals surface area contributed by atoms with Gasteiger partial charge in [0.1, 0.15) is 6.04 Å². The molecule has 3 heterocycles. The Hall–Kier alpha value is -0.680. The highest BCUT2D eigenvalue weighted by Crippen LogP contribution is 2.51. The zero-order valence-electron chi connectivity index (χ0n) is 17.2. The van der Waals surface area contributed by atoms with E-state index in [0.717, 1.165) is 63.0 Å². The molecule has 4 N–H and O–H groups in total. The van der Waals surface area contributed by atoms with Gasteiger partial charge in [-0.25, -0.2) is 5.48 Å². The maximum absolute atomic E-state index is 13.0. The van der Waals surface area contributed by atoms with E-state index in [9.17, 15) is 14.4 Å². The van der Waals surface area contributed by atoms with Gasteiger partial charge in [0.05, 0.1) is 10.1 Å². The largest absolute Gasteiger partial charge is 0.354 e. The molecule has 0 aromatic carbocycles. The molecule has 3 fully saturated rings. The predicted molar refractivity (Wildman–Crippen MR) is 122 cm³/mol. The first kappa shape index (κ1) is 25.6. The molecule has 0 aromatic rings. The molecule has 0 unspecified atom stereocenters. The predicted octanol–water partition coefficient (Wildman–Crippen LogP) is 1.51. The van der Waals surface area contributed by atoms with Crippen LogP contribution in [0, 0.1) is 0 Å². The molecule has 3 saturated heterocycles. The highest BCUT2D eigenvalue weighted by atomic mass is 35.5. The Morgan fingerprint density at radius 2 is 1.87 bits per heavy atom. The number of thioether (sulfide) groups is 2. The van der Waals surface area contributed by atoms with Crippen molar-refractivity contribution in [3.8, 4) is 0 Å². The minimum atomic E-state index is -0.378. The van der Waals surface area contributed by atoms with Gasteiger partial charge in [0.25, 0.3) is 0 Å². The summed E-state index contributed by atoms with van der Waals surface area (Å²) in [5, 5.41) is 14.8. The monoisotopic (exact) mass is 480 g/mol. The molecular weight excluding hydrogens is 448 g/mol. The lowest BCUT2D eigenvalue weighted by molar-refractivity contribution is -0.139. The number of carbonyl (C=O) groups is 3. The molecule has 2 atom stereocenters. The molecule has 30 heavy (non-hydrogen) atoms. The molecule has 3 aliphatic rings. The van der Waals surface area contributed by atoms with Crippen LogP contribution in [-0.2, 0) is 14.4 Å². The van der Waals surface area contributed by atoms with Crippen molar-refractivity contribution in [2.75, 3.05) is 31.1 Å². The number of hydrogen-bond acceptors (Lipinski definition) is 7. The highest BCUT2D eigenvalue weighted by Gasteiger charge is 2.52. The molecule has 0 radical (unpaired) electrons. The molecule has 172 valence electrons. The number of likely N-dealkylation sites (tertiary alicyclic amines) is 1. The molecule has 0 aliphatic carbocycles. The Morgan fingerprint density at radius 3 is 2.53 bits per heavy atom. The number of rotatable bonds is 9. The van der Waals surface area contributed by atoms with Gasteiger partial charge >= 0.3 is 0 Å². The summed E-state index contributed by atoms with van der Waals surface area (Å²) in [5.74, 6) is 1.84. The Labute approximate surface area is 192 Å². The molecule has 8 nitrogen and oxygen atoms in total. The van der Waals surface area contributed by atoms with Crippen LogP contribution in [0.2, 0.25) is 0 Å². The normalized spacial score (nSPS) is 24.6. The summed E-state index contributed by atoms with van der Waals surface area (Å²) >= 11 is 3.79. The van der Waals surface area contributed by atoms with Crippen LogP contribution < -0.4 is 16.1 Å². The molecule has 0 saturated carbocycles. The van der Waals surface area contributed by atoms with Gasteiger partial charge in [-0.2, -0.15) is 0 Å². The van der Waals surface area contributed by atoms with Crippen molar-refractivity contribution in [1.29, 1.82) is 0 Å². The van der Waals surface area contributed by atoms with E-state index >= 15 is 0 Å². The zero-order chi connectivity index (χ0) is 20.7. The van der Waals surface area contributed by atoms with Crippen molar-refractivity contribution in [1.82, 2.24) is 21.0 Å². The zero-order valence-corrected chi connectivity index (χ0v) is 19.6. The molecule has 0 aromatic heterocycles. The quantitative estimate of drug-likeness (QED) is 0.225. The van der Waals surface area contributed by atoms with Gasteiger partial charge in [0.2, 0.25) is 17.7 Å². The summed E-state index contributed by atoms with van der Waals surface area (Å²) in [6.45, 7) is 2.11. The lowest BCUT2D eigenvalue weighted by Gasteiger charge is -2.27. The van der Waals surface area contributed by atoms with E-state index in [-0.39, 0.29) is 46.3 Å². The fourth-order valence-corrected chi connectivity index (χ4v) is 7.51. The Kier molecular flexibility index (Phi) is 10.6. The topological polar surface area (TPSA) is 111 Å². The van der Waals surface area contributed by atoms with Crippen molar-refractivity contribution in [2.24, 2.45) is 0 Å². The van der Waals surface area contributed by atoms with Crippen LogP contribution in [0.3, 0.4) is 0 Å². The molecule has 3 aliphatic heterocycles. The first-order chi connectivity index (χ1) is 14.0. The maximum Gasteiger partial charge on any atom is 0.243 e. The van der Waals surface area contributed by atoms with Gasteiger partial charge < -0.3 is 15.5 Å². The van der Waals surface area contributed by atoms with Crippen molar-refractivity contribution in [3.63, 3.8) is 0 Å². The van der Waals surface area contributed by atoms with Crippen molar-refractivity contribution < 1.29 is 19.6 Å². The Balaban J connectivity index is 0.00000320. The molecule has 11 heteroatoms. The summed E-state index contributed by atoms with van der Waals surface area (Å²) in [7, 11) is 0. The smallest absolute Gasteiger partial charge is 0.243 e. The van der Waals surface area contributed by atoms with Crippen LogP contribution in [0.4, 0.5) is 0 Å². The van der Waals surface area contributed by atoms with Crippen molar-refractivity contribution >= 4 is 53.7 Å². The van der Waals surface area contributed by atoms with Crippen LogP contribution >= 0.6 is 35.9 Å². The van der Waals surface area contributed by atoms with Crippen LogP contribution in [-0.4, -0.2) is 75.1 Å². The van der Waals surface area contributed by atoms with Gasteiger partial charge in [-0.1, -0.05) is 12.8 Å². The van der Waals surface area contributed by atoms with E-state index in [4.69, 9.17) is 5.21 Å². The molecule has 3 amide bonds. The molecular formula is C19H33ClN4O4S2. The van der Waals surface area contributed by atoms with E-state index in [1.807, 2.05) is 28.4 Å². The highest BCUT2D eigenvalue weighted by molar-refractivity contribution is 8.21. The standard InChI is InChI=1S/C19H32N4O4S2.ClH/c24-16(22-27)7-3-1-2-4-8-21-17(25)15-12-19(28-10-11-29-19)13-23(15)18(26)14-6-5-9-20-14;/h14-15,20,27H,1-13H2,(H,21,25)(H,22,24);1H/t14-,15-;/m0./s1. The van der Waals surface area contributed by atoms with Gasteiger partial charge in [0, 0.05) is 37.4 Å². The second-order valence-electron chi connectivity index (χ2n) is 7.93. The number of halogens is 1. The third-order valence-electron chi connectivity index (χ3n) is 5.80.